The minimum atomic E-state index is -0.454. The number of benzene rings is 1. The molecule has 110 valence electrons. The fourth-order valence-corrected chi connectivity index (χ4v) is 3.00. The van der Waals surface area contributed by atoms with Crippen LogP contribution in [0.1, 0.15) is 25.7 Å². The highest BCUT2D eigenvalue weighted by Gasteiger charge is 2.26. The summed E-state index contributed by atoms with van der Waals surface area (Å²) in [5.74, 6) is 0.331. The van der Waals surface area contributed by atoms with Crippen LogP contribution in [0.25, 0.3) is 0 Å². The first kappa shape index (κ1) is 15.4. The zero-order chi connectivity index (χ0) is 14.7. The average molecular weight is 318 g/mol. The number of hydrogen-bond acceptors (Lipinski definition) is 4. The van der Waals surface area contributed by atoms with Gasteiger partial charge in [-0.1, -0.05) is 36.0 Å². The third-order valence-electron chi connectivity index (χ3n) is 3.79. The van der Waals surface area contributed by atoms with Crippen molar-refractivity contribution in [2.45, 2.75) is 31.7 Å². The molecule has 0 amide bonds. The second-order valence-electron chi connectivity index (χ2n) is 5.07. The number of hydrogen-bond donors (Lipinski definition) is 2. The lowest BCUT2D eigenvalue weighted by Crippen LogP contribution is -2.36. The number of anilines is 1. The maximum atomic E-state index is 11.1. The van der Waals surface area contributed by atoms with Gasteiger partial charge >= 0.3 is 0 Å². The summed E-state index contributed by atoms with van der Waals surface area (Å²) < 4.78 is 0. The van der Waals surface area contributed by atoms with Crippen molar-refractivity contribution >= 4 is 34.6 Å². The van der Waals surface area contributed by atoms with Crippen molar-refractivity contribution in [2.24, 2.45) is 11.7 Å². The van der Waals surface area contributed by atoms with Crippen molar-refractivity contribution in [1.82, 2.24) is 0 Å². The first-order valence-electron chi connectivity index (χ1n) is 6.63. The lowest BCUT2D eigenvalue weighted by molar-refractivity contribution is -0.384. The van der Waals surface area contributed by atoms with Gasteiger partial charge in [0.05, 0.1) is 15.0 Å². The number of halogens is 2. The molecule has 1 aliphatic rings. The van der Waals surface area contributed by atoms with Crippen LogP contribution in [0, 0.1) is 16.0 Å². The Hall–Kier alpha value is -1.04. The second-order valence-corrected chi connectivity index (χ2v) is 5.89. The van der Waals surface area contributed by atoms with E-state index < -0.39 is 4.92 Å². The third kappa shape index (κ3) is 3.34. The van der Waals surface area contributed by atoms with Crippen molar-refractivity contribution in [2.75, 3.05) is 11.9 Å². The van der Waals surface area contributed by atoms with E-state index in [1.165, 1.54) is 12.1 Å². The van der Waals surface area contributed by atoms with Crippen LogP contribution in [0.4, 0.5) is 11.4 Å². The number of nitro groups is 1. The fourth-order valence-electron chi connectivity index (χ4n) is 2.68. The van der Waals surface area contributed by atoms with E-state index in [9.17, 15) is 10.1 Å². The first-order chi connectivity index (χ1) is 9.52. The Kier molecular flexibility index (Phi) is 5.07. The zero-order valence-corrected chi connectivity index (χ0v) is 12.5. The van der Waals surface area contributed by atoms with Gasteiger partial charge in [0, 0.05) is 12.1 Å². The maximum Gasteiger partial charge on any atom is 0.293 e. The molecule has 2 atom stereocenters. The summed E-state index contributed by atoms with van der Waals surface area (Å²) in [4.78, 5) is 10.7. The number of nitrogens with two attached hydrogens (primary N) is 1. The molecular weight excluding hydrogens is 301 g/mol. The van der Waals surface area contributed by atoms with Crippen LogP contribution in [-0.2, 0) is 0 Å². The second kappa shape index (κ2) is 6.61. The smallest absolute Gasteiger partial charge is 0.293 e. The van der Waals surface area contributed by atoms with Gasteiger partial charge in [-0.05, 0) is 31.4 Å². The van der Waals surface area contributed by atoms with E-state index >= 15 is 0 Å². The highest BCUT2D eigenvalue weighted by Crippen LogP contribution is 2.36. The van der Waals surface area contributed by atoms with Gasteiger partial charge in [-0.25, -0.2) is 0 Å². The first-order valence-corrected chi connectivity index (χ1v) is 7.38. The number of nitrogens with zero attached hydrogens (tertiary/aromatic N) is 1. The van der Waals surface area contributed by atoms with E-state index in [-0.39, 0.29) is 16.8 Å². The van der Waals surface area contributed by atoms with E-state index in [0.29, 0.717) is 23.2 Å². The highest BCUT2D eigenvalue weighted by atomic mass is 35.5. The van der Waals surface area contributed by atoms with Crippen LogP contribution in [-0.4, -0.2) is 17.5 Å². The molecule has 3 N–H and O–H groups in total. The number of nitrogens with one attached hydrogen (secondary N) is 1. The Morgan fingerprint density at radius 3 is 2.60 bits per heavy atom. The fraction of sp³-hybridized carbons (Fsp3) is 0.538. The molecule has 1 fully saturated rings. The molecule has 5 nitrogen and oxygen atoms in total. The molecule has 1 aromatic rings. The van der Waals surface area contributed by atoms with E-state index in [0.717, 1.165) is 25.7 Å². The standard InChI is InChI=1S/C13H17Cl2N3O2/c14-9-5-12(13(18(19)20)6-10(9)15)17-11-4-2-1-3-8(11)7-16/h5-6,8,11,17H,1-4,7,16H2. The third-order valence-corrected chi connectivity index (χ3v) is 4.51. The molecule has 0 radical (unpaired) electrons. The van der Waals surface area contributed by atoms with Crippen molar-refractivity contribution in [3.63, 3.8) is 0 Å². The maximum absolute atomic E-state index is 11.1. The molecule has 20 heavy (non-hydrogen) atoms. The summed E-state index contributed by atoms with van der Waals surface area (Å²) in [6.07, 6.45) is 4.26. The predicted molar refractivity (Wildman–Crippen MR) is 81.5 cm³/mol. The molecule has 0 aliphatic heterocycles. The van der Waals surface area contributed by atoms with Gasteiger partial charge in [0.2, 0.25) is 0 Å². The molecule has 0 spiro atoms. The van der Waals surface area contributed by atoms with Crippen molar-refractivity contribution in [1.29, 1.82) is 0 Å². The van der Waals surface area contributed by atoms with Crippen LogP contribution in [0.5, 0.6) is 0 Å². The quantitative estimate of drug-likeness (QED) is 0.653. The van der Waals surface area contributed by atoms with E-state index in [4.69, 9.17) is 28.9 Å². The molecule has 2 unspecified atom stereocenters. The van der Waals surface area contributed by atoms with Crippen LogP contribution in [0.15, 0.2) is 12.1 Å². The van der Waals surface area contributed by atoms with Gasteiger partial charge in [0.15, 0.2) is 0 Å². The van der Waals surface area contributed by atoms with Crippen LogP contribution >= 0.6 is 23.2 Å². The Morgan fingerprint density at radius 1 is 1.30 bits per heavy atom. The van der Waals surface area contributed by atoms with Crippen LogP contribution in [0.3, 0.4) is 0 Å². The summed E-state index contributed by atoms with van der Waals surface area (Å²) in [5, 5.41) is 14.8. The zero-order valence-electron chi connectivity index (χ0n) is 10.9. The molecule has 0 saturated heterocycles. The summed E-state index contributed by atoms with van der Waals surface area (Å²) in [7, 11) is 0. The van der Waals surface area contributed by atoms with Crippen molar-refractivity contribution in [3.8, 4) is 0 Å². The normalized spacial score (nSPS) is 22.6. The lowest BCUT2D eigenvalue weighted by Gasteiger charge is -2.32. The molecule has 7 heteroatoms. The van der Waals surface area contributed by atoms with Gasteiger partial charge < -0.3 is 11.1 Å². The number of nitro benzene ring substituents is 1. The SMILES string of the molecule is NCC1CCCCC1Nc1cc(Cl)c(Cl)cc1[N+](=O)[O-]. The van der Waals surface area contributed by atoms with E-state index in [1.54, 1.807) is 0 Å². The van der Waals surface area contributed by atoms with Crippen LogP contribution in [0.2, 0.25) is 10.0 Å². The molecule has 0 heterocycles. The summed E-state index contributed by atoms with van der Waals surface area (Å²) in [5.41, 5.74) is 6.14. The minimum absolute atomic E-state index is 0.0549. The molecule has 1 aliphatic carbocycles. The summed E-state index contributed by atoms with van der Waals surface area (Å²) >= 11 is 11.8. The van der Waals surface area contributed by atoms with Gasteiger partial charge in [-0.15, -0.1) is 0 Å². The van der Waals surface area contributed by atoms with E-state index in [1.807, 2.05) is 0 Å². The molecule has 2 rings (SSSR count). The molecular formula is C13H17Cl2N3O2. The molecule has 0 aromatic heterocycles. The topological polar surface area (TPSA) is 81.2 Å². The van der Waals surface area contributed by atoms with Gasteiger partial charge in [-0.2, -0.15) is 0 Å². The monoisotopic (exact) mass is 317 g/mol. The van der Waals surface area contributed by atoms with Gasteiger partial charge in [-0.3, -0.25) is 10.1 Å². The molecule has 1 saturated carbocycles. The predicted octanol–water partition coefficient (Wildman–Crippen LogP) is 3.83. The summed E-state index contributed by atoms with van der Waals surface area (Å²) in [6.45, 7) is 0.576. The average Bonchev–Trinajstić information content (AvgIpc) is 2.43. The number of rotatable bonds is 4. The molecule has 0 bridgehead atoms. The van der Waals surface area contributed by atoms with Gasteiger partial charge in [0.25, 0.3) is 5.69 Å². The highest BCUT2D eigenvalue weighted by molar-refractivity contribution is 6.42. The van der Waals surface area contributed by atoms with Crippen LogP contribution < -0.4 is 11.1 Å². The van der Waals surface area contributed by atoms with E-state index in [2.05, 4.69) is 5.32 Å². The lowest BCUT2D eigenvalue weighted by atomic mass is 9.84. The largest absolute Gasteiger partial charge is 0.376 e. The minimum Gasteiger partial charge on any atom is -0.376 e. The van der Waals surface area contributed by atoms with Gasteiger partial charge in [0.1, 0.15) is 5.69 Å². The molecule has 1 aromatic carbocycles. The Bertz CT molecular complexity index is 511. The van der Waals surface area contributed by atoms with Crippen molar-refractivity contribution < 1.29 is 4.92 Å². The Balaban J connectivity index is 2.27. The Morgan fingerprint density at radius 2 is 1.95 bits per heavy atom. The Labute approximate surface area is 127 Å². The summed E-state index contributed by atoms with van der Waals surface area (Å²) in [6, 6.07) is 2.95. The van der Waals surface area contributed by atoms with Crippen molar-refractivity contribution in [3.05, 3.63) is 32.3 Å².